The molecule has 1 aromatic carbocycles. The fourth-order valence-electron chi connectivity index (χ4n) is 4.12. The number of carbonyl (C=O) groups is 1. The fourth-order valence-corrected chi connectivity index (χ4v) is 4.12. The molecule has 5 rings (SSSR count). The van der Waals surface area contributed by atoms with E-state index in [2.05, 4.69) is 27.0 Å². The number of aromatic nitrogens is 5. The van der Waals surface area contributed by atoms with E-state index in [4.69, 9.17) is 0 Å². The minimum absolute atomic E-state index is 0.0699. The molecule has 1 fully saturated rings. The molecule has 0 saturated carbocycles. The number of carbonyl (C=O) groups excluding carboxylic acids is 1. The highest BCUT2D eigenvalue weighted by atomic mass is 16.2. The van der Waals surface area contributed by atoms with Crippen molar-refractivity contribution in [3.63, 3.8) is 0 Å². The van der Waals surface area contributed by atoms with Crippen LogP contribution in [0.5, 0.6) is 0 Å². The number of benzene rings is 1. The molecule has 0 N–H and O–H groups in total. The van der Waals surface area contributed by atoms with Gasteiger partial charge in [-0.3, -0.25) is 9.36 Å². The Morgan fingerprint density at radius 3 is 2.68 bits per heavy atom. The highest BCUT2D eigenvalue weighted by molar-refractivity contribution is 5.95. The Labute approximate surface area is 180 Å². The Balaban J connectivity index is 1.52. The first-order chi connectivity index (χ1) is 15.0. The average molecular weight is 416 g/mol. The van der Waals surface area contributed by atoms with E-state index < -0.39 is 0 Å². The predicted octanol–water partition coefficient (Wildman–Crippen LogP) is 2.59. The first-order valence-electron chi connectivity index (χ1n) is 10.5. The number of likely N-dealkylation sites (N-methyl/N-ethyl adjacent to an activating group) is 1. The first kappa shape index (κ1) is 19.4. The molecule has 0 radical (unpaired) electrons. The summed E-state index contributed by atoms with van der Waals surface area (Å²) in [6, 6.07) is 9.72. The largest absolute Gasteiger partial charge is 0.336 e. The summed E-state index contributed by atoms with van der Waals surface area (Å²) in [6.07, 6.45) is 5.46. The van der Waals surface area contributed by atoms with Gasteiger partial charge < -0.3 is 9.80 Å². The van der Waals surface area contributed by atoms with Gasteiger partial charge in [0.2, 0.25) is 0 Å². The van der Waals surface area contributed by atoms with E-state index in [0.29, 0.717) is 5.56 Å². The molecule has 8 nitrogen and oxygen atoms in total. The fraction of sp³-hybridized carbons (Fsp3) is 0.304. The van der Waals surface area contributed by atoms with Crippen LogP contribution < -0.4 is 0 Å². The minimum atomic E-state index is 0.0699. The Morgan fingerprint density at radius 2 is 1.87 bits per heavy atom. The molecular weight excluding hydrogens is 390 g/mol. The lowest BCUT2D eigenvalue weighted by Gasteiger charge is -2.32. The SMILES string of the molecule is Cc1cc(C)n2ncc(-c3nccn3-c3cccc(C(=O)N4CCN(C)CC4)c3)c2n1. The molecule has 31 heavy (non-hydrogen) atoms. The molecule has 0 unspecified atom stereocenters. The van der Waals surface area contributed by atoms with Crippen LogP contribution in [0.1, 0.15) is 21.7 Å². The molecule has 8 heteroatoms. The maximum Gasteiger partial charge on any atom is 0.254 e. The molecule has 4 aromatic rings. The van der Waals surface area contributed by atoms with Crippen LogP contribution in [0.3, 0.4) is 0 Å². The summed E-state index contributed by atoms with van der Waals surface area (Å²) in [5, 5.41) is 4.50. The van der Waals surface area contributed by atoms with Crippen molar-refractivity contribution < 1.29 is 4.79 Å². The number of nitrogens with zero attached hydrogens (tertiary/aromatic N) is 7. The Hall–Kier alpha value is -3.52. The van der Waals surface area contributed by atoms with Gasteiger partial charge in [-0.2, -0.15) is 5.10 Å². The molecular formula is C23H25N7O. The summed E-state index contributed by atoms with van der Waals surface area (Å²) in [5.74, 6) is 0.817. The molecule has 1 aliphatic rings. The van der Waals surface area contributed by atoms with Crippen LogP contribution in [0.2, 0.25) is 0 Å². The summed E-state index contributed by atoms with van der Waals surface area (Å²) >= 11 is 0. The van der Waals surface area contributed by atoms with Crippen molar-refractivity contribution in [2.45, 2.75) is 13.8 Å². The molecule has 0 spiro atoms. The highest BCUT2D eigenvalue weighted by Crippen LogP contribution is 2.26. The van der Waals surface area contributed by atoms with E-state index in [9.17, 15) is 4.79 Å². The molecule has 0 bridgehead atoms. The second-order valence-corrected chi connectivity index (χ2v) is 8.10. The Kier molecular flexibility index (Phi) is 4.78. The summed E-state index contributed by atoms with van der Waals surface area (Å²) in [7, 11) is 2.08. The summed E-state index contributed by atoms with van der Waals surface area (Å²) in [6.45, 7) is 7.29. The van der Waals surface area contributed by atoms with Crippen molar-refractivity contribution in [1.29, 1.82) is 0 Å². The van der Waals surface area contributed by atoms with E-state index in [0.717, 1.165) is 60.3 Å². The van der Waals surface area contributed by atoms with Gasteiger partial charge in [0.25, 0.3) is 5.91 Å². The summed E-state index contributed by atoms with van der Waals surface area (Å²) < 4.78 is 3.81. The lowest BCUT2D eigenvalue weighted by Crippen LogP contribution is -2.47. The van der Waals surface area contributed by atoms with Crippen LogP contribution >= 0.6 is 0 Å². The number of fused-ring (bicyclic) bond motifs is 1. The number of hydrogen-bond donors (Lipinski definition) is 0. The summed E-state index contributed by atoms with van der Waals surface area (Å²) in [4.78, 5) is 26.5. The summed E-state index contributed by atoms with van der Waals surface area (Å²) in [5.41, 5.74) is 5.15. The molecule has 158 valence electrons. The van der Waals surface area contributed by atoms with Crippen molar-refractivity contribution in [1.82, 2.24) is 33.9 Å². The van der Waals surface area contributed by atoms with E-state index in [1.807, 2.05) is 64.4 Å². The van der Waals surface area contributed by atoms with Crippen LogP contribution in [0.25, 0.3) is 22.7 Å². The van der Waals surface area contributed by atoms with E-state index in [1.165, 1.54) is 0 Å². The number of rotatable bonds is 3. The van der Waals surface area contributed by atoms with Gasteiger partial charge in [0.1, 0.15) is 5.82 Å². The normalized spacial score (nSPS) is 15.0. The molecule has 1 aliphatic heterocycles. The van der Waals surface area contributed by atoms with E-state index in [-0.39, 0.29) is 5.91 Å². The van der Waals surface area contributed by atoms with Gasteiger partial charge in [-0.1, -0.05) is 6.07 Å². The van der Waals surface area contributed by atoms with Crippen LogP contribution in [0, 0.1) is 13.8 Å². The van der Waals surface area contributed by atoms with Crippen LogP contribution in [-0.4, -0.2) is 73.1 Å². The zero-order chi connectivity index (χ0) is 21.5. The van der Waals surface area contributed by atoms with E-state index >= 15 is 0 Å². The monoisotopic (exact) mass is 415 g/mol. The molecule has 1 amide bonds. The second kappa shape index (κ2) is 7.63. The third-order valence-corrected chi connectivity index (χ3v) is 5.82. The second-order valence-electron chi connectivity index (χ2n) is 8.10. The van der Waals surface area contributed by atoms with Crippen LogP contribution in [0.15, 0.2) is 48.9 Å². The van der Waals surface area contributed by atoms with Gasteiger partial charge in [-0.25, -0.2) is 14.5 Å². The third kappa shape index (κ3) is 3.48. The average Bonchev–Trinajstić information content (AvgIpc) is 3.41. The number of aryl methyl sites for hydroxylation is 2. The van der Waals surface area contributed by atoms with Crippen LogP contribution in [0.4, 0.5) is 0 Å². The predicted molar refractivity (Wildman–Crippen MR) is 118 cm³/mol. The Bertz CT molecular complexity index is 1260. The Morgan fingerprint density at radius 1 is 1.06 bits per heavy atom. The standard InChI is InChI=1S/C23H25N7O/c1-16-13-17(2)30-22(26-16)20(15-25-30)21-24-7-8-29(21)19-6-4-5-18(14-19)23(31)28-11-9-27(3)10-12-28/h4-8,13-15H,9-12H2,1-3H3. The molecule has 4 heterocycles. The highest BCUT2D eigenvalue weighted by Gasteiger charge is 2.21. The van der Waals surface area contributed by atoms with Crippen LogP contribution in [-0.2, 0) is 0 Å². The van der Waals surface area contributed by atoms with Gasteiger partial charge in [-0.15, -0.1) is 0 Å². The topological polar surface area (TPSA) is 71.6 Å². The molecule has 1 saturated heterocycles. The van der Waals surface area contributed by atoms with Gasteiger partial charge in [0, 0.05) is 61.2 Å². The lowest BCUT2D eigenvalue weighted by atomic mass is 10.1. The van der Waals surface area contributed by atoms with E-state index in [1.54, 1.807) is 12.4 Å². The van der Waals surface area contributed by atoms with Crippen molar-refractivity contribution in [2.24, 2.45) is 0 Å². The van der Waals surface area contributed by atoms with Gasteiger partial charge in [-0.05, 0) is 45.2 Å². The molecule has 0 aliphatic carbocycles. The number of hydrogen-bond acceptors (Lipinski definition) is 5. The maximum absolute atomic E-state index is 13.1. The third-order valence-electron chi connectivity index (χ3n) is 5.82. The number of imidazole rings is 1. The lowest BCUT2D eigenvalue weighted by molar-refractivity contribution is 0.0664. The van der Waals surface area contributed by atoms with Crippen molar-refractivity contribution in [3.05, 3.63) is 65.9 Å². The number of amides is 1. The maximum atomic E-state index is 13.1. The molecule has 0 atom stereocenters. The quantitative estimate of drug-likeness (QED) is 0.514. The van der Waals surface area contributed by atoms with Crippen molar-refractivity contribution in [2.75, 3.05) is 33.2 Å². The van der Waals surface area contributed by atoms with Gasteiger partial charge in [0.05, 0.1) is 11.8 Å². The van der Waals surface area contributed by atoms with Gasteiger partial charge >= 0.3 is 0 Å². The zero-order valence-electron chi connectivity index (χ0n) is 18.0. The van der Waals surface area contributed by atoms with Crippen molar-refractivity contribution in [3.8, 4) is 17.1 Å². The van der Waals surface area contributed by atoms with Gasteiger partial charge in [0.15, 0.2) is 5.65 Å². The molecule has 3 aromatic heterocycles. The minimum Gasteiger partial charge on any atom is -0.336 e. The first-order valence-corrected chi connectivity index (χ1v) is 10.5. The van der Waals surface area contributed by atoms with Crippen molar-refractivity contribution >= 4 is 11.6 Å². The zero-order valence-corrected chi connectivity index (χ0v) is 18.0. The smallest absolute Gasteiger partial charge is 0.254 e. The number of piperazine rings is 1.